The maximum Gasteiger partial charge on any atom is 0.289 e. The number of hydrogen-bond donors (Lipinski definition) is 1. The molecular weight excluding hydrogens is 294 g/mol. The van der Waals surface area contributed by atoms with E-state index < -0.39 is 0 Å². The third-order valence-corrected chi connectivity index (χ3v) is 4.20. The van der Waals surface area contributed by atoms with Gasteiger partial charge in [0.2, 0.25) is 0 Å². The van der Waals surface area contributed by atoms with Crippen molar-refractivity contribution in [1.29, 1.82) is 0 Å². The van der Waals surface area contributed by atoms with Crippen LogP contribution in [0.4, 0.5) is 11.6 Å². The van der Waals surface area contributed by atoms with Crippen molar-refractivity contribution in [2.24, 2.45) is 0 Å². The minimum atomic E-state index is -0.0478. The van der Waals surface area contributed by atoms with Crippen molar-refractivity contribution in [2.75, 3.05) is 36.4 Å². The Kier molecular flexibility index (Phi) is 3.61. The van der Waals surface area contributed by atoms with E-state index >= 15 is 0 Å². The van der Waals surface area contributed by atoms with E-state index in [9.17, 15) is 4.79 Å². The second-order valence-electron chi connectivity index (χ2n) is 5.94. The Morgan fingerprint density at radius 1 is 1.22 bits per heavy atom. The highest BCUT2D eigenvalue weighted by atomic mass is 16.3. The van der Waals surface area contributed by atoms with Crippen molar-refractivity contribution in [3.63, 3.8) is 0 Å². The number of rotatable bonds is 4. The summed E-state index contributed by atoms with van der Waals surface area (Å²) in [7, 11) is 0. The molecule has 0 bridgehead atoms. The van der Waals surface area contributed by atoms with Crippen LogP contribution in [0.15, 0.2) is 35.2 Å². The average Bonchev–Trinajstić information content (AvgIpc) is 3.24. The highest BCUT2D eigenvalue weighted by Gasteiger charge is 2.25. The summed E-state index contributed by atoms with van der Waals surface area (Å²) in [5.41, 5.74) is 0. The summed E-state index contributed by atoms with van der Waals surface area (Å²) >= 11 is 0. The lowest BCUT2D eigenvalue weighted by Crippen LogP contribution is -2.49. The number of furan rings is 1. The Morgan fingerprint density at radius 3 is 2.74 bits per heavy atom. The molecule has 7 nitrogen and oxygen atoms in total. The van der Waals surface area contributed by atoms with Gasteiger partial charge in [-0.2, -0.15) is 0 Å². The van der Waals surface area contributed by atoms with Crippen molar-refractivity contribution >= 4 is 17.5 Å². The van der Waals surface area contributed by atoms with Crippen LogP contribution in [-0.2, 0) is 0 Å². The smallest absolute Gasteiger partial charge is 0.289 e. The van der Waals surface area contributed by atoms with Crippen LogP contribution in [0.25, 0.3) is 0 Å². The van der Waals surface area contributed by atoms with Gasteiger partial charge < -0.3 is 19.5 Å². The highest BCUT2D eigenvalue weighted by molar-refractivity contribution is 5.91. The molecule has 0 atom stereocenters. The number of carbonyl (C=O) groups excluding carboxylic acids is 1. The Balaban J connectivity index is 1.38. The maximum absolute atomic E-state index is 12.3. The van der Waals surface area contributed by atoms with Crippen LogP contribution < -0.4 is 10.2 Å². The molecule has 0 radical (unpaired) electrons. The Labute approximate surface area is 134 Å². The summed E-state index contributed by atoms with van der Waals surface area (Å²) in [6.07, 6.45) is 5.55. The molecule has 7 heteroatoms. The fourth-order valence-electron chi connectivity index (χ4n) is 2.73. The number of anilines is 2. The minimum absolute atomic E-state index is 0.0478. The zero-order valence-corrected chi connectivity index (χ0v) is 12.8. The van der Waals surface area contributed by atoms with E-state index in [-0.39, 0.29) is 5.91 Å². The maximum atomic E-state index is 12.3. The van der Waals surface area contributed by atoms with E-state index in [0.29, 0.717) is 24.9 Å². The monoisotopic (exact) mass is 313 g/mol. The van der Waals surface area contributed by atoms with Crippen molar-refractivity contribution in [3.05, 3.63) is 36.5 Å². The molecule has 23 heavy (non-hydrogen) atoms. The van der Waals surface area contributed by atoms with Gasteiger partial charge in [-0.05, 0) is 25.0 Å². The van der Waals surface area contributed by atoms with Gasteiger partial charge in [-0.15, -0.1) is 0 Å². The first-order valence-electron chi connectivity index (χ1n) is 7.96. The van der Waals surface area contributed by atoms with Gasteiger partial charge in [-0.3, -0.25) is 4.79 Å². The number of nitrogens with zero attached hydrogens (tertiary/aromatic N) is 4. The van der Waals surface area contributed by atoms with Crippen LogP contribution in [0.1, 0.15) is 23.4 Å². The predicted octanol–water partition coefficient (Wildman–Crippen LogP) is 1.61. The number of piperazine rings is 1. The molecular formula is C16H19N5O2. The lowest BCUT2D eigenvalue weighted by Gasteiger charge is -2.35. The SMILES string of the molecule is O=C(c1ccco1)N1CCN(c2cc(NC3CC3)ncn2)CC1. The second-order valence-corrected chi connectivity index (χ2v) is 5.94. The summed E-state index contributed by atoms with van der Waals surface area (Å²) < 4.78 is 5.18. The van der Waals surface area contributed by atoms with Gasteiger partial charge in [-0.25, -0.2) is 9.97 Å². The first kappa shape index (κ1) is 14.0. The molecule has 1 saturated heterocycles. The fraction of sp³-hybridized carbons (Fsp3) is 0.438. The van der Waals surface area contributed by atoms with Crippen LogP contribution in [0.5, 0.6) is 0 Å². The minimum Gasteiger partial charge on any atom is -0.459 e. The van der Waals surface area contributed by atoms with E-state index in [1.165, 1.54) is 19.1 Å². The molecule has 4 rings (SSSR count). The van der Waals surface area contributed by atoms with Crippen LogP contribution >= 0.6 is 0 Å². The molecule has 2 fully saturated rings. The molecule has 1 amide bonds. The van der Waals surface area contributed by atoms with Crippen molar-refractivity contribution in [1.82, 2.24) is 14.9 Å². The molecule has 1 N–H and O–H groups in total. The molecule has 2 aromatic rings. The normalized spacial score (nSPS) is 18.1. The largest absolute Gasteiger partial charge is 0.459 e. The number of amides is 1. The van der Waals surface area contributed by atoms with Crippen molar-refractivity contribution in [3.8, 4) is 0 Å². The number of hydrogen-bond acceptors (Lipinski definition) is 6. The standard InChI is InChI=1S/C16H19N5O2/c22-16(13-2-1-9-23-13)21-7-5-20(6-8-21)15-10-14(17-11-18-15)19-12-3-4-12/h1-2,9-12H,3-8H2,(H,17,18,19). The van der Waals surface area contributed by atoms with E-state index in [1.54, 1.807) is 18.5 Å². The molecule has 0 unspecified atom stereocenters. The van der Waals surface area contributed by atoms with Crippen LogP contribution in [0.3, 0.4) is 0 Å². The topological polar surface area (TPSA) is 74.5 Å². The van der Waals surface area contributed by atoms with Gasteiger partial charge in [0.15, 0.2) is 5.76 Å². The van der Waals surface area contributed by atoms with Crippen LogP contribution in [0, 0.1) is 0 Å². The molecule has 0 spiro atoms. The average molecular weight is 313 g/mol. The first-order valence-corrected chi connectivity index (χ1v) is 7.96. The van der Waals surface area contributed by atoms with E-state index in [2.05, 4.69) is 20.2 Å². The van der Waals surface area contributed by atoms with Crippen molar-refractivity contribution in [2.45, 2.75) is 18.9 Å². The molecule has 2 aliphatic rings. The fourth-order valence-corrected chi connectivity index (χ4v) is 2.73. The second kappa shape index (κ2) is 5.91. The molecule has 120 valence electrons. The zero-order valence-electron chi connectivity index (χ0n) is 12.8. The summed E-state index contributed by atoms with van der Waals surface area (Å²) in [6.45, 7) is 2.84. The lowest BCUT2D eigenvalue weighted by molar-refractivity contribution is 0.0714. The van der Waals surface area contributed by atoms with Gasteiger partial charge >= 0.3 is 0 Å². The number of aromatic nitrogens is 2. The summed E-state index contributed by atoms with van der Waals surface area (Å²) in [4.78, 5) is 24.9. The molecule has 1 saturated carbocycles. The van der Waals surface area contributed by atoms with Gasteiger partial charge in [0.05, 0.1) is 6.26 Å². The third kappa shape index (κ3) is 3.13. The molecule has 1 aliphatic carbocycles. The Morgan fingerprint density at radius 2 is 2.04 bits per heavy atom. The molecule has 2 aromatic heterocycles. The quantitative estimate of drug-likeness (QED) is 0.924. The predicted molar refractivity (Wildman–Crippen MR) is 85.5 cm³/mol. The van der Waals surface area contributed by atoms with E-state index in [0.717, 1.165) is 24.7 Å². The number of nitrogens with one attached hydrogen (secondary N) is 1. The van der Waals surface area contributed by atoms with Gasteiger partial charge in [-0.1, -0.05) is 0 Å². The first-order chi connectivity index (χ1) is 11.3. The van der Waals surface area contributed by atoms with Gasteiger partial charge in [0, 0.05) is 38.3 Å². The summed E-state index contributed by atoms with van der Waals surface area (Å²) in [5.74, 6) is 2.14. The lowest BCUT2D eigenvalue weighted by atomic mass is 10.3. The van der Waals surface area contributed by atoms with E-state index in [1.807, 2.05) is 11.0 Å². The van der Waals surface area contributed by atoms with E-state index in [4.69, 9.17) is 4.42 Å². The van der Waals surface area contributed by atoms with Crippen LogP contribution in [0.2, 0.25) is 0 Å². The summed E-state index contributed by atoms with van der Waals surface area (Å²) in [6, 6.07) is 6.00. The van der Waals surface area contributed by atoms with Gasteiger partial charge in [0.1, 0.15) is 18.0 Å². The van der Waals surface area contributed by atoms with Gasteiger partial charge in [0.25, 0.3) is 5.91 Å². The zero-order chi connectivity index (χ0) is 15.6. The van der Waals surface area contributed by atoms with Crippen molar-refractivity contribution < 1.29 is 9.21 Å². The molecule has 1 aliphatic heterocycles. The molecule has 0 aromatic carbocycles. The third-order valence-electron chi connectivity index (χ3n) is 4.20. The Hall–Kier alpha value is -2.57. The Bertz CT molecular complexity index is 676. The summed E-state index contributed by atoms with van der Waals surface area (Å²) in [5, 5.41) is 3.39. The number of carbonyl (C=O) groups is 1. The van der Waals surface area contributed by atoms with Crippen LogP contribution in [-0.4, -0.2) is 53.0 Å². The molecule has 3 heterocycles. The highest BCUT2D eigenvalue weighted by Crippen LogP contribution is 2.25.